The third kappa shape index (κ3) is 2.47. The highest BCUT2D eigenvalue weighted by Gasteiger charge is 2.09. The Balaban J connectivity index is 2.65. The SMILES string of the molecule is CNC(=O)NC(=O)c1cnncn1. The fourth-order valence-electron chi connectivity index (χ4n) is 0.586. The van der Waals surface area contributed by atoms with Gasteiger partial charge in [0.15, 0.2) is 5.69 Å². The Morgan fingerprint density at radius 1 is 1.38 bits per heavy atom. The van der Waals surface area contributed by atoms with Gasteiger partial charge in [-0.05, 0) is 0 Å². The number of hydrogen-bond donors (Lipinski definition) is 2. The van der Waals surface area contributed by atoms with E-state index in [1.807, 2.05) is 5.32 Å². The molecule has 0 radical (unpaired) electrons. The third-order valence-electron chi connectivity index (χ3n) is 1.18. The lowest BCUT2D eigenvalue weighted by atomic mass is 10.4. The van der Waals surface area contributed by atoms with E-state index in [4.69, 9.17) is 0 Å². The van der Waals surface area contributed by atoms with Gasteiger partial charge in [-0.3, -0.25) is 10.1 Å². The van der Waals surface area contributed by atoms with Gasteiger partial charge in [0.05, 0.1) is 6.20 Å². The van der Waals surface area contributed by atoms with E-state index >= 15 is 0 Å². The molecule has 0 atom stereocenters. The molecule has 0 fully saturated rings. The second kappa shape index (κ2) is 4.10. The summed E-state index contributed by atoms with van der Waals surface area (Å²) in [5, 5.41) is 11.1. The minimum absolute atomic E-state index is 0.0404. The monoisotopic (exact) mass is 181 g/mol. The first-order valence-corrected chi connectivity index (χ1v) is 3.40. The lowest BCUT2D eigenvalue weighted by Gasteiger charge is -2.00. The van der Waals surface area contributed by atoms with Gasteiger partial charge in [0.1, 0.15) is 6.33 Å². The molecule has 1 aromatic rings. The molecule has 0 unspecified atom stereocenters. The zero-order valence-corrected chi connectivity index (χ0v) is 6.81. The average molecular weight is 181 g/mol. The van der Waals surface area contributed by atoms with E-state index in [9.17, 15) is 9.59 Å². The molecule has 0 bridgehead atoms. The predicted octanol–water partition coefficient (Wildman–Crippen LogP) is -1.06. The Bertz CT molecular complexity index is 312. The number of amides is 3. The van der Waals surface area contributed by atoms with Crippen LogP contribution in [0, 0.1) is 0 Å². The first kappa shape index (κ1) is 9.04. The van der Waals surface area contributed by atoms with Gasteiger partial charge < -0.3 is 5.32 Å². The average Bonchev–Trinajstić information content (AvgIpc) is 2.19. The number of rotatable bonds is 1. The smallest absolute Gasteiger partial charge is 0.321 e. The maximum atomic E-state index is 11.1. The van der Waals surface area contributed by atoms with E-state index in [2.05, 4.69) is 20.5 Å². The lowest BCUT2D eigenvalue weighted by Crippen LogP contribution is -2.37. The van der Waals surface area contributed by atoms with E-state index < -0.39 is 11.9 Å². The second-order valence-corrected chi connectivity index (χ2v) is 2.02. The summed E-state index contributed by atoms with van der Waals surface area (Å²) in [6.45, 7) is 0. The van der Waals surface area contributed by atoms with Crippen molar-refractivity contribution in [3.05, 3.63) is 18.2 Å². The summed E-state index contributed by atoms with van der Waals surface area (Å²) in [4.78, 5) is 25.4. The summed E-state index contributed by atoms with van der Waals surface area (Å²) < 4.78 is 0. The Labute approximate surface area is 73.6 Å². The van der Waals surface area contributed by atoms with Crippen LogP contribution < -0.4 is 10.6 Å². The molecule has 7 nitrogen and oxygen atoms in total. The quantitative estimate of drug-likeness (QED) is 0.575. The Hall–Kier alpha value is -2.05. The maximum Gasteiger partial charge on any atom is 0.321 e. The number of hydrogen-bond acceptors (Lipinski definition) is 5. The maximum absolute atomic E-state index is 11.1. The number of imide groups is 1. The highest BCUT2D eigenvalue weighted by atomic mass is 16.2. The van der Waals surface area contributed by atoms with E-state index in [1.165, 1.54) is 7.05 Å². The highest BCUT2D eigenvalue weighted by molar-refractivity contribution is 6.02. The standard InChI is InChI=1S/C6H7N5O2/c1-7-6(13)11-5(12)4-2-9-10-3-8-4/h2-3H,1H3,(H2,7,11,12,13). The molecule has 68 valence electrons. The number of carbonyl (C=O) groups excluding carboxylic acids is 2. The van der Waals surface area contributed by atoms with Crippen LogP contribution in [0.25, 0.3) is 0 Å². The van der Waals surface area contributed by atoms with Crippen LogP contribution in [0.3, 0.4) is 0 Å². The molecule has 1 aromatic heterocycles. The van der Waals surface area contributed by atoms with E-state index in [0.29, 0.717) is 0 Å². The summed E-state index contributed by atoms with van der Waals surface area (Å²) in [6.07, 6.45) is 2.29. The topological polar surface area (TPSA) is 96.9 Å². The van der Waals surface area contributed by atoms with E-state index in [1.54, 1.807) is 0 Å². The Kier molecular flexibility index (Phi) is 2.85. The van der Waals surface area contributed by atoms with Crippen LogP contribution in [0.1, 0.15) is 10.5 Å². The molecule has 0 aliphatic heterocycles. The van der Waals surface area contributed by atoms with Gasteiger partial charge >= 0.3 is 6.03 Å². The number of carbonyl (C=O) groups is 2. The van der Waals surface area contributed by atoms with Gasteiger partial charge in [-0.1, -0.05) is 0 Å². The third-order valence-corrected chi connectivity index (χ3v) is 1.18. The van der Waals surface area contributed by atoms with Gasteiger partial charge in [0.25, 0.3) is 5.91 Å². The number of urea groups is 1. The molecular formula is C6H7N5O2. The van der Waals surface area contributed by atoms with Crippen LogP contribution in [0.5, 0.6) is 0 Å². The van der Waals surface area contributed by atoms with Crippen molar-refractivity contribution < 1.29 is 9.59 Å². The molecule has 0 aliphatic rings. The van der Waals surface area contributed by atoms with Crippen molar-refractivity contribution in [2.24, 2.45) is 0 Å². The number of nitrogens with zero attached hydrogens (tertiary/aromatic N) is 3. The molecule has 0 saturated heterocycles. The zero-order chi connectivity index (χ0) is 9.68. The van der Waals surface area contributed by atoms with Gasteiger partial charge in [0, 0.05) is 7.05 Å². The van der Waals surface area contributed by atoms with Crippen LogP contribution >= 0.6 is 0 Å². The van der Waals surface area contributed by atoms with Crippen LogP contribution in [0.2, 0.25) is 0 Å². The molecule has 0 aromatic carbocycles. The molecule has 1 heterocycles. The van der Waals surface area contributed by atoms with Gasteiger partial charge in [-0.25, -0.2) is 9.78 Å². The summed E-state index contributed by atoms with van der Waals surface area (Å²) in [5.74, 6) is -0.616. The Morgan fingerprint density at radius 3 is 2.69 bits per heavy atom. The van der Waals surface area contributed by atoms with Gasteiger partial charge in [0.2, 0.25) is 0 Å². The van der Waals surface area contributed by atoms with Crippen molar-refractivity contribution in [3.8, 4) is 0 Å². The van der Waals surface area contributed by atoms with Crippen molar-refractivity contribution in [1.82, 2.24) is 25.8 Å². The molecule has 7 heteroatoms. The van der Waals surface area contributed by atoms with Gasteiger partial charge in [-0.15, -0.1) is 5.10 Å². The van der Waals surface area contributed by atoms with Crippen molar-refractivity contribution in [2.75, 3.05) is 7.05 Å². The van der Waals surface area contributed by atoms with Crippen molar-refractivity contribution >= 4 is 11.9 Å². The Morgan fingerprint density at radius 2 is 2.15 bits per heavy atom. The van der Waals surface area contributed by atoms with E-state index in [-0.39, 0.29) is 5.69 Å². The zero-order valence-electron chi connectivity index (χ0n) is 6.81. The predicted molar refractivity (Wildman–Crippen MR) is 41.7 cm³/mol. The molecule has 2 N–H and O–H groups in total. The molecule has 0 saturated carbocycles. The van der Waals surface area contributed by atoms with Crippen molar-refractivity contribution in [3.63, 3.8) is 0 Å². The first-order valence-electron chi connectivity index (χ1n) is 3.40. The first-order chi connectivity index (χ1) is 6.24. The molecule has 3 amide bonds. The van der Waals surface area contributed by atoms with Crippen LogP contribution in [-0.4, -0.2) is 34.2 Å². The summed E-state index contributed by atoms with van der Waals surface area (Å²) in [5.41, 5.74) is 0.0404. The van der Waals surface area contributed by atoms with Crippen molar-refractivity contribution in [1.29, 1.82) is 0 Å². The van der Waals surface area contributed by atoms with Crippen LogP contribution in [0.15, 0.2) is 12.5 Å². The second-order valence-electron chi connectivity index (χ2n) is 2.02. The number of aromatic nitrogens is 3. The van der Waals surface area contributed by atoms with Crippen LogP contribution in [-0.2, 0) is 0 Å². The fourth-order valence-corrected chi connectivity index (χ4v) is 0.586. The molecule has 0 spiro atoms. The van der Waals surface area contributed by atoms with Crippen LogP contribution in [0.4, 0.5) is 4.79 Å². The molecule has 1 rings (SSSR count). The largest absolute Gasteiger partial charge is 0.341 e. The molecular weight excluding hydrogens is 174 g/mol. The van der Waals surface area contributed by atoms with Crippen molar-refractivity contribution in [2.45, 2.75) is 0 Å². The molecule has 0 aliphatic carbocycles. The minimum atomic E-state index is -0.616. The summed E-state index contributed by atoms with van der Waals surface area (Å²) >= 11 is 0. The molecule has 13 heavy (non-hydrogen) atoms. The normalized spacial score (nSPS) is 9.00. The summed E-state index contributed by atoms with van der Waals surface area (Å²) in [6, 6.07) is -0.594. The summed E-state index contributed by atoms with van der Waals surface area (Å²) in [7, 11) is 1.40. The van der Waals surface area contributed by atoms with E-state index in [0.717, 1.165) is 12.5 Å². The van der Waals surface area contributed by atoms with Gasteiger partial charge in [-0.2, -0.15) is 5.10 Å². The highest BCUT2D eigenvalue weighted by Crippen LogP contribution is 1.86. The number of nitrogens with one attached hydrogen (secondary N) is 2. The fraction of sp³-hybridized carbons (Fsp3) is 0.167. The lowest BCUT2D eigenvalue weighted by molar-refractivity contribution is 0.0959. The minimum Gasteiger partial charge on any atom is -0.341 e.